The van der Waals surface area contributed by atoms with Crippen molar-refractivity contribution in [2.45, 2.75) is 6.04 Å². The maximum Gasteiger partial charge on any atom is 0.300 e. The maximum atomic E-state index is 14.8. The molecule has 1 N–H and O–H groups in total. The van der Waals surface area contributed by atoms with Crippen LogP contribution in [-0.4, -0.2) is 23.9 Å². The Morgan fingerprint density at radius 2 is 1.67 bits per heavy atom. The van der Waals surface area contributed by atoms with Gasteiger partial charge in [-0.05, 0) is 36.4 Å². The van der Waals surface area contributed by atoms with Gasteiger partial charge in [0.15, 0.2) is 5.75 Å². The number of rotatable bonds is 4. The van der Waals surface area contributed by atoms with Crippen LogP contribution in [0.5, 0.6) is 5.75 Å². The molecule has 1 aliphatic rings. The van der Waals surface area contributed by atoms with Crippen molar-refractivity contribution in [1.82, 2.24) is 0 Å². The van der Waals surface area contributed by atoms with Gasteiger partial charge in [0.2, 0.25) is 0 Å². The van der Waals surface area contributed by atoms with Gasteiger partial charge >= 0.3 is 0 Å². The number of hydrogen-bond acceptors (Lipinski definition) is 4. The first kappa shape index (κ1) is 22.8. The molecule has 0 bridgehead atoms. The molecule has 9 heteroatoms. The zero-order valence-corrected chi connectivity index (χ0v) is 18.5. The first-order valence-electron chi connectivity index (χ1n) is 9.59. The fraction of sp³-hybridized carbons (Fsp3) is 0.0833. The topological polar surface area (TPSA) is 66.8 Å². The van der Waals surface area contributed by atoms with Crippen molar-refractivity contribution in [3.05, 3.63) is 99.0 Å². The minimum atomic E-state index is -1.37. The van der Waals surface area contributed by atoms with Gasteiger partial charge in [0.05, 0.1) is 28.8 Å². The normalized spacial score (nSPS) is 17.5. The monoisotopic (exact) mass is 489 g/mol. The summed E-state index contributed by atoms with van der Waals surface area (Å²) in [5, 5.41) is 11.2. The van der Waals surface area contributed by atoms with E-state index in [1.54, 1.807) is 0 Å². The second-order valence-electron chi connectivity index (χ2n) is 7.14. The second-order valence-corrected chi connectivity index (χ2v) is 7.96. The molecule has 3 aromatic rings. The molecule has 1 heterocycles. The number of carbonyl (C=O) groups excluding carboxylic acids is 2. The van der Waals surface area contributed by atoms with Gasteiger partial charge in [0.1, 0.15) is 17.4 Å². The quantitative estimate of drug-likeness (QED) is 0.281. The van der Waals surface area contributed by atoms with Gasteiger partial charge < -0.3 is 9.84 Å². The van der Waals surface area contributed by atoms with E-state index in [4.69, 9.17) is 27.9 Å². The molecular weight excluding hydrogens is 475 g/mol. The molecule has 1 unspecified atom stereocenters. The Bertz CT molecular complexity index is 1300. The number of aliphatic hydroxyl groups excluding tert-OH is 1. The average Bonchev–Trinajstić information content (AvgIpc) is 3.04. The highest BCUT2D eigenvalue weighted by Crippen LogP contribution is 2.44. The highest BCUT2D eigenvalue weighted by atomic mass is 35.5. The Kier molecular flexibility index (Phi) is 6.10. The Hall–Kier alpha value is -3.42. The third kappa shape index (κ3) is 3.94. The molecule has 168 valence electrons. The zero-order valence-electron chi connectivity index (χ0n) is 17.0. The standard InChI is InChI=1S/C24H15Cl2F2NO4/c1-33-23-16(25)9-12(10-17(23)26)21(30)19-20(15-7-2-3-8-18(15)28)29(24(32)22(19)31)14-6-4-5-13(27)11-14/h2-11,20,30H,1H3/b21-19+. The lowest BCUT2D eigenvalue weighted by atomic mass is 9.94. The molecule has 33 heavy (non-hydrogen) atoms. The van der Waals surface area contributed by atoms with E-state index in [0.717, 1.165) is 17.0 Å². The van der Waals surface area contributed by atoms with Crippen LogP contribution in [0, 0.1) is 11.6 Å². The van der Waals surface area contributed by atoms with E-state index < -0.39 is 40.7 Å². The molecule has 0 aliphatic carbocycles. The van der Waals surface area contributed by atoms with Crippen molar-refractivity contribution in [3.63, 3.8) is 0 Å². The molecular formula is C24H15Cl2F2NO4. The summed E-state index contributed by atoms with van der Waals surface area (Å²) in [5.41, 5.74) is -0.417. The van der Waals surface area contributed by atoms with Gasteiger partial charge in [-0.1, -0.05) is 47.5 Å². The number of hydrogen-bond donors (Lipinski definition) is 1. The smallest absolute Gasteiger partial charge is 0.300 e. The SMILES string of the molecule is COc1c(Cl)cc(/C(O)=C2\C(=O)C(=O)N(c3cccc(F)c3)C2c2ccccc2F)cc1Cl. The minimum Gasteiger partial charge on any atom is -0.507 e. The van der Waals surface area contributed by atoms with Crippen LogP contribution in [0.2, 0.25) is 10.0 Å². The molecule has 3 aromatic carbocycles. The number of Topliss-reactive ketones (excluding diaryl/α,β-unsaturated/α-hetero) is 1. The lowest BCUT2D eigenvalue weighted by molar-refractivity contribution is -0.132. The molecule has 1 fully saturated rings. The number of nitrogens with zero attached hydrogens (tertiary/aromatic N) is 1. The molecule has 1 aliphatic heterocycles. The molecule has 5 nitrogen and oxygen atoms in total. The van der Waals surface area contributed by atoms with Gasteiger partial charge in [-0.25, -0.2) is 8.78 Å². The Balaban J connectivity index is 1.99. The number of ketones is 1. The fourth-order valence-electron chi connectivity index (χ4n) is 3.76. The van der Waals surface area contributed by atoms with Gasteiger partial charge in [0.25, 0.3) is 11.7 Å². The molecule has 1 amide bonds. The largest absolute Gasteiger partial charge is 0.507 e. The fourth-order valence-corrected chi connectivity index (χ4v) is 4.40. The van der Waals surface area contributed by atoms with Crippen LogP contribution in [0.3, 0.4) is 0 Å². The zero-order chi connectivity index (χ0) is 23.9. The van der Waals surface area contributed by atoms with Crippen LogP contribution >= 0.6 is 23.2 Å². The van der Waals surface area contributed by atoms with Crippen molar-refractivity contribution in [2.75, 3.05) is 12.0 Å². The predicted molar refractivity (Wildman–Crippen MR) is 121 cm³/mol. The molecule has 1 atom stereocenters. The first-order chi connectivity index (χ1) is 15.7. The summed E-state index contributed by atoms with van der Waals surface area (Å²) in [6, 6.07) is 11.7. The van der Waals surface area contributed by atoms with Crippen LogP contribution in [0.1, 0.15) is 17.2 Å². The predicted octanol–water partition coefficient (Wildman–Crippen LogP) is 5.91. The summed E-state index contributed by atoms with van der Waals surface area (Å²) < 4.78 is 33.9. The van der Waals surface area contributed by atoms with Crippen LogP contribution in [0.25, 0.3) is 5.76 Å². The molecule has 4 rings (SSSR count). The minimum absolute atomic E-state index is 0.0179. The van der Waals surface area contributed by atoms with Crippen molar-refractivity contribution in [1.29, 1.82) is 0 Å². The average molecular weight is 490 g/mol. The van der Waals surface area contributed by atoms with E-state index in [1.165, 1.54) is 55.6 Å². The number of anilines is 1. The molecule has 1 saturated heterocycles. The third-order valence-corrected chi connectivity index (χ3v) is 5.77. The summed E-state index contributed by atoms with van der Waals surface area (Å²) in [7, 11) is 1.36. The van der Waals surface area contributed by atoms with Crippen molar-refractivity contribution in [3.8, 4) is 5.75 Å². The van der Waals surface area contributed by atoms with E-state index in [9.17, 15) is 23.5 Å². The summed E-state index contributed by atoms with van der Waals surface area (Å²) in [5.74, 6) is -3.97. The number of carbonyl (C=O) groups is 2. The molecule has 0 saturated carbocycles. The van der Waals surface area contributed by atoms with E-state index in [0.29, 0.717) is 0 Å². The Labute approximate surface area is 197 Å². The number of ether oxygens (including phenoxy) is 1. The summed E-state index contributed by atoms with van der Waals surface area (Å²) in [6.07, 6.45) is 0. The Morgan fingerprint density at radius 1 is 1.00 bits per heavy atom. The van der Waals surface area contributed by atoms with E-state index >= 15 is 0 Å². The van der Waals surface area contributed by atoms with Crippen molar-refractivity contribution in [2.24, 2.45) is 0 Å². The molecule has 0 aromatic heterocycles. The van der Waals surface area contributed by atoms with Gasteiger partial charge in [-0.2, -0.15) is 0 Å². The lowest BCUT2D eigenvalue weighted by Gasteiger charge is -2.25. The van der Waals surface area contributed by atoms with Crippen molar-refractivity contribution < 1.29 is 28.2 Å². The maximum absolute atomic E-state index is 14.8. The van der Waals surface area contributed by atoms with Gasteiger partial charge in [-0.15, -0.1) is 0 Å². The number of benzene rings is 3. The van der Waals surface area contributed by atoms with E-state index in [1.807, 2.05) is 0 Å². The van der Waals surface area contributed by atoms with Crippen LogP contribution in [0.15, 0.2) is 66.2 Å². The van der Waals surface area contributed by atoms with Gasteiger partial charge in [0, 0.05) is 16.8 Å². The van der Waals surface area contributed by atoms with Gasteiger partial charge in [-0.3, -0.25) is 14.5 Å². The Morgan fingerprint density at radius 3 is 2.27 bits per heavy atom. The van der Waals surface area contributed by atoms with Crippen LogP contribution in [-0.2, 0) is 9.59 Å². The van der Waals surface area contributed by atoms with Crippen molar-refractivity contribution >= 4 is 46.3 Å². The summed E-state index contributed by atoms with van der Waals surface area (Å²) >= 11 is 12.3. The third-order valence-electron chi connectivity index (χ3n) is 5.21. The first-order valence-corrected chi connectivity index (χ1v) is 10.3. The molecule has 0 spiro atoms. The number of methoxy groups -OCH3 is 1. The van der Waals surface area contributed by atoms with Crippen LogP contribution < -0.4 is 9.64 Å². The number of halogens is 4. The highest BCUT2D eigenvalue weighted by molar-refractivity contribution is 6.51. The summed E-state index contributed by atoms with van der Waals surface area (Å²) in [6.45, 7) is 0. The molecule has 0 radical (unpaired) electrons. The second kappa shape index (κ2) is 8.84. The van der Waals surface area contributed by atoms with Crippen LogP contribution in [0.4, 0.5) is 14.5 Å². The van der Waals surface area contributed by atoms with E-state index in [-0.39, 0.29) is 32.6 Å². The lowest BCUT2D eigenvalue weighted by Crippen LogP contribution is -2.30. The number of aliphatic hydroxyl groups is 1. The number of amides is 1. The summed E-state index contributed by atoms with van der Waals surface area (Å²) in [4.78, 5) is 27.0. The highest BCUT2D eigenvalue weighted by Gasteiger charge is 2.48. The van der Waals surface area contributed by atoms with E-state index in [2.05, 4.69) is 0 Å².